The van der Waals surface area contributed by atoms with E-state index in [9.17, 15) is 0 Å². The molecule has 0 fully saturated rings. The summed E-state index contributed by atoms with van der Waals surface area (Å²) in [5, 5.41) is 10.9. The maximum atomic E-state index is 4.28. The zero-order chi connectivity index (χ0) is 16.7. The molecule has 0 aliphatic rings. The average molecular weight is 441 g/mol. The molecule has 5 nitrogen and oxygen atoms in total. The molecule has 0 saturated heterocycles. The fraction of sp³-hybridized carbons (Fsp3) is 0.444. The van der Waals surface area contributed by atoms with E-state index in [1.807, 2.05) is 24.1 Å². The Morgan fingerprint density at radius 2 is 1.96 bits per heavy atom. The normalized spacial score (nSPS) is 12.4. The zero-order valence-electron chi connectivity index (χ0n) is 14.9. The third kappa shape index (κ3) is 6.51. The number of hydrogen-bond acceptors (Lipinski definition) is 2. The molecule has 1 aromatic heterocycles. The largest absolute Gasteiger partial charge is 0.356 e. The summed E-state index contributed by atoms with van der Waals surface area (Å²) in [7, 11) is 3.74. The highest BCUT2D eigenvalue weighted by molar-refractivity contribution is 14.0. The van der Waals surface area contributed by atoms with Crippen molar-refractivity contribution in [2.45, 2.75) is 26.2 Å². The molecule has 1 unspecified atom stereocenters. The van der Waals surface area contributed by atoms with Crippen molar-refractivity contribution in [1.29, 1.82) is 0 Å². The van der Waals surface area contributed by atoms with Crippen molar-refractivity contribution in [1.82, 2.24) is 20.4 Å². The first-order valence-corrected chi connectivity index (χ1v) is 8.07. The predicted octanol–water partition coefficient (Wildman–Crippen LogP) is 2.86. The molecule has 2 aromatic rings. The number of hydrogen-bond donors (Lipinski definition) is 2. The fourth-order valence-corrected chi connectivity index (χ4v) is 2.41. The third-order valence-electron chi connectivity index (χ3n) is 3.91. The molecule has 0 bridgehead atoms. The molecule has 0 radical (unpaired) electrons. The van der Waals surface area contributed by atoms with E-state index in [4.69, 9.17) is 0 Å². The molecule has 2 N–H and O–H groups in total. The van der Waals surface area contributed by atoms with Gasteiger partial charge in [-0.3, -0.25) is 9.67 Å². The Bertz CT molecular complexity index is 633. The van der Waals surface area contributed by atoms with Gasteiger partial charge < -0.3 is 10.6 Å². The summed E-state index contributed by atoms with van der Waals surface area (Å²) >= 11 is 0. The second-order valence-electron chi connectivity index (χ2n) is 5.96. The van der Waals surface area contributed by atoms with Gasteiger partial charge in [-0.05, 0) is 30.4 Å². The number of nitrogens with zero attached hydrogens (tertiary/aromatic N) is 3. The van der Waals surface area contributed by atoms with Crippen LogP contribution in [0, 0.1) is 6.92 Å². The molecule has 24 heavy (non-hydrogen) atoms. The van der Waals surface area contributed by atoms with Gasteiger partial charge in [-0.15, -0.1) is 24.0 Å². The van der Waals surface area contributed by atoms with Crippen molar-refractivity contribution in [3.8, 4) is 0 Å². The summed E-state index contributed by atoms with van der Waals surface area (Å²) < 4.78 is 1.83. The first-order valence-electron chi connectivity index (χ1n) is 8.07. The van der Waals surface area contributed by atoms with Crippen LogP contribution in [0.5, 0.6) is 0 Å². The van der Waals surface area contributed by atoms with Crippen molar-refractivity contribution in [3.63, 3.8) is 0 Å². The van der Waals surface area contributed by atoms with Gasteiger partial charge in [0.05, 0.1) is 6.20 Å². The number of benzene rings is 1. The van der Waals surface area contributed by atoms with Crippen LogP contribution in [0.1, 0.15) is 29.5 Å². The fourth-order valence-electron chi connectivity index (χ4n) is 2.41. The van der Waals surface area contributed by atoms with Gasteiger partial charge in [0, 0.05) is 33.4 Å². The summed E-state index contributed by atoms with van der Waals surface area (Å²) in [6.07, 6.45) is 4.87. The molecule has 0 amide bonds. The first-order chi connectivity index (χ1) is 11.1. The van der Waals surface area contributed by atoms with Crippen LogP contribution in [0.2, 0.25) is 0 Å². The van der Waals surface area contributed by atoms with Crippen LogP contribution in [0.4, 0.5) is 0 Å². The zero-order valence-corrected chi connectivity index (χ0v) is 17.2. The maximum absolute atomic E-state index is 4.28. The van der Waals surface area contributed by atoms with Crippen molar-refractivity contribution < 1.29 is 0 Å². The summed E-state index contributed by atoms with van der Waals surface area (Å²) in [4.78, 5) is 4.28. The van der Waals surface area contributed by atoms with Crippen molar-refractivity contribution in [3.05, 3.63) is 53.3 Å². The molecule has 0 aliphatic carbocycles. The van der Waals surface area contributed by atoms with Gasteiger partial charge >= 0.3 is 0 Å². The van der Waals surface area contributed by atoms with Gasteiger partial charge in [0.15, 0.2) is 5.96 Å². The van der Waals surface area contributed by atoms with E-state index in [1.165, 1.54) is 16.7 Å². The van der Waals surface area contributed by atoms with Gasteiger partial charge in [-0.25, -0.2) is 0 Å². The average Bonchev–Trinajstić information content (AvgIpc) is 2.96. The standard InChI is InChI=1S/C18H27N5.HI/c1-14-5-7-17(8-6-14)15(2)11-21-18(19-3)20-10-9-16-12-22-23(4)13-16;/h5-8,12-13,15H,9-11H2,1-4H3,(H2,19,20,21);1H. The Morgan fingerprint density at radius 3 is 2.54 bits per heavy atom. The highest BCUT2D eigenvalue weighted by Gasteiger charge is 2.06. The minimum absolute atomic E-state index is 0. The molecular formula is C18H28IN5. The van der Waals surface area contributed by atoms with Gasteiger partial charge in [0.2, 0.25) is 0 Å². The van der Waals surface area contributed by atoms with E-state index in [0.29, 0.717) is 5.92 Å². The Kier molecular flexibility index (Phi) is 8.81. The highest BCUT2D eigenvalue weighted by atomic mass is 127. The summed E-state index contributed by atoms with van der Waals surface area (Å²) in [6.45, 7) is 6.03. The van der Waals surface area contributed by atoms with Crippen molar-refractivity contribution in [2.75, 3.05) is 20.1 Å². The van der Waals surface area contributed by atoms with Crippen LogP contribution >= 0.6 is 24.0 Å². The minimum Gasteiger partial charge on any atom is -0.356 e. The number of guanidine groups is 1. The van der Waals surface area contributed by atoms with Gasteiger partial charge in [0.25, 0.3) is 0 Å². The third-order valence-corrected chi connectivity index (χ3v) is 3.91. The number of aliphatic imine (C=N–C) groups is 1. The van der Waals surface area contributed by atoms with Crippen LogP contribution < -0.4 is 10.6 Å². The van der Waals surface area contributed by atoms with Crippen LogP contribution in [0.15, 0.2) is 41.7 Å². The van der Waals surface area contributed by atoms with E-state index >= 15 is 0 Å². The quantitative estimate of drug-likeness (QED) is 0.412. The van der Waals surface area contributed by atoms with E-state index in [1.54, 1.807) is 7.05 Å². The minimum atomic E-state index is 0. The summed E-state index contributed by atoms with van der Waals surface area (Å²) in [5.74, 6) is 1.28. The SMILES string of the molecule is CN=C(NCCc1cnn(C)c1)NCC(C)c1ccc(C)cc1.I. The maximum Gasteiger partial charge on any atom is 0.191 e. The Hall–Kier alpha value is -1.57. The summed E-state index contributed by atoms with van der Waals surface area (Å²) in [5.41, 5.74) is 3.86. The second kappa shape index (κ2) is 10.3. The van der Waals surface area contributed by atoms with Gasteiger partial charge in [-0.1, -0.05) is 36.8 Å². The van der Waals surface area contributed by atoms with Crippen LogP contribution in [0.3, 0.4) is 0 Å². The topological polar surface area (TPSA) is 54.2 Å². The van der Waals surface area contributed by atoms with Gasteiger partial charge in [0.1, 0.15) is 0 Å². The van der Waals surface area contributed by atoms with E-state index in [0.717, 1.165) is 25.5 Å². The molecule has 2 rings (SSSR count). The molecule has 1 atom stereocenters. The van der Waals surface area contributed by atoms with Crippen LogP contribution in [-0.2, 0) is 13.5 Å². The monoisotopic (exact) mass is 441 g/mol. The van der Waals surface area contributed by atoms with Gasteiger partial charge in [-0.2, -0.15) is 5.10 Å². The Morgan fingerprint density at radius 1 is 1.25 bits per heavy atom. The molecule has 6 heteroatoms. The van der Waals surface area contributed by atoms with Crippen molar-refractivity contribution >= 4 is 29.9 Å². The molecule has 132 valence electrons. The Labute approximate surface area is 162 Å². The lowest BCUT2D eigenvalue weighted by atomic mass is 10.0. The predicted molar refractivity (Wildman–Crippen MR) is 111 cm³/mol. The van der Waals surface area contributed by atoms with Crippen LogP contribution in [0.25, 0.3) is 0 Å². The van der Waals surface area contributed by atoms with E-state index < -0.39 is 0 Å². The molecule has 0 spiro atoms. The summed E-state index contributed by atoms with van der Waals surface area (Å²) in [6, 6.07) is 8.71. The van der Waals surface area contributed by atoms with E-state index in [2.05, 4.69) is 58.8 Å². The molecule has 0 saturated carbocycles. The lowest BCUT2D eigenvalue weighted by Gasteiger charge is -2.16. The molecule has 1 aromatic carbocycles. The van der Waals surface area contributed by atoms with E-state index in [-0.39, 0.29) is 24.0 Å². The van der Waals surface area contributed by atoms with Crippen molar-refractivity contribution in [2.24, 2.45) is 12.0 Å². The number of halogens is 1. The number of aryl methyl sites for hydroxylation is 2. The molecule has 0 aliphatic heterocycles. The first kappa shape index (κ1) is 20.5. The smallest absolute Gasteiger partial charge is 0.191 e. The van der Waals surface area contributed by atoms with Crippen LogP contribution in [-0.4, -0.2) is 35.9 Å². The molecule has 1 heterocycles. The number of rotatable bonds is 6. The Balaban J connectivity index is 0.00000288. The lowest BCUT2D eigenvalue weighted by Crippen LogP contribution is -2.39. The number of nitrogens with one attached hydrogen (secondary N) is 2. The number of aromatic nitrogens is 2. The molecular weight excluding hydrogens is 413 g/mol. The highest BCUT2D eigenvalue weighted by Crippen LogP contribution is 2.14. The second-order valence-corrected chi connectivity index (χ2v) is 5.96. The lowest BCUT2D eigenvalue weighted by molar-refractivity contribution is 0.697.